The fraction of sp³-hybridized carbons (Fsp3) is 0.522. The molecule has 0 fully saturated rings. The van der Waals surface area contributed by atoms with Crippen LogP contribution in [0.3, 0.4) is 0 Å². The number of nitrogens with zero attached hydrogens (tertiary/aromatic N) is 4. The van der Waals surface area contributed by atoms with Crippen molar-refractivity contribution in [2.45, 2.75) is 32.5 Å². The van der Waals surface area contributed by atoms with Gasteiger partial charge in [0.2, 0.25) is 10.0 Å². The van der Waals surface area contributed by atoms with E-state index in [2.05, 4.69) is 33.4 Å². The number of carbonyl (C=O) groups excluding carboxylic acids is 1. The maximum Gasteiger partial charge on any atom is 0.257 e. The predicted molar refractivity (Wildman–Crippen MR) is 129 cm³/mol. The average Bonchev–Trinajstić information content (AvgIpc) is 2.79. The van der Waals surface area contributed by atoms with Crippen LogP contribution in [-0.2, 0) is 21.3 Å². The van der Waals surface area contributed by atoms with Crippen LogP contribution in [-0.4, -0.2) is 86.3 Å². The third-order valence-corrected chi connectivity index (χ3v) is 6.49. The minimum absolute atomic E-state index is 0.0215. The van der Waals surface area contributed by atoms with Gasteiger partial charge in [0.15, 0.2) is 0 Å². The van der Waals surface area contributed by atoms with E-state index in [1.165, 1.54) is 6.33 Å². The smallest absolute Gasteiger partial charge is 0.257 e. The molecule has 0 radical (unpaired) electrons. The zero-order chi connectivity index (χ0) is 24.9. The van der Waals surface area contributed by atoms with Crippen LogP contribution in [0.1, 0.15) is 29.8 Å². The number of anilines is 1. The van der Waals surface area contributed by atoms with E-state index in [-0.39, 0.29) is 24.0 Å². The average molecular weight is 492 g/mol. The molecule has 0 saturated heterocycles. The first-order valence-corrected chi connectivity index (χ1v) is 13.0. The van der Waals surface area contributed by atoms with Crippen molar-refractivity contribution in [1.29, 1.82) is 0 Å². The molecule has 0 spiro atoms. The van der Waals surface area contributed by atoms with Gasteiger partial charge in [-0.25, -0.2) is 18.4 Å². The Labute approximate surface area is 201 Å². The summed E-state index contributed by atoms with van der Waals surface area (Å²) in [4.78, 5) is 25.4. The van der Waals surface area contributed by atoms with Crippen LogP contribution in [0.15, 0.2) is 36.9 Å². The van der Waals surface area contributed by atoms with Crippen molar-refractivity contribution in [2.75, 3.05) is 44.8 Å². The Kier molecular flexibility index (Phi) is 8.45. The van der Waals surface area contributed by atoms with E-state index in [9.17, 15) is 13.2 Å². The number of amides is 1. The van der Waals surface area contributed by atoms with E-state index in [0.29, 0.717) is 43.2 Å². The summed E-state index contributed by atoms with van der Waals surface area (Å²) in [7, 11) is -0.0962. The summed E-state index contributed by atoms with van der Waals surface area (Å²) in [5.41, 5.74) is 1.67. The number of nitrogens with one attached hydrogen (secondary N) is 1. The van der Waals surface area contributed by atoms with Crippen molar-refractivity contribution in [1.82, 2.24) is 19.8 Å². The first-order chi connectivity index (χ1) is 16.1. The Balaban J connectivity index is 1.96. The summed E-state index contributed by atoms with van der Waals surface area (Å²) in [5.74, 6) is 0.233. The first-order valence-electron chi connectivity index (χ1n) is 11.1. The maximum atomic E-state index is 13.2. The van der Waals surface area contributed by atoms with Crippen LogP contribution in [0.25, 0.3) is 0 Å². The number of sulfonamides is 1. The van der Waals surface area contributed by atoms with Gasteiger partial charge in [-0.2, -0.15) is 0 Å². The molecule has 1 N–H and O–H groups in total. The number of aromatic nitrogens is 2. The van der Waals surface area contributed by atoms with Gasteiger partial charge in [0.1, 0.15) is 18.7 Å². The molecule has 1 aliphatic heterocycles. The van der Waals surface area contributed by atoms with Crippen molar-refractivity contribution in [3.05, 3.63) is 48.0 Å². The number of rotatable bonds is 5. The van der Waals surface area contributed by atoms with E-state index in [1.54, 1.807) is 49.7 Å². The minimum Gasteiger partial charge on any atom is -0.491 e. The number of hydrogen-bond acceptors (Lipinski definition) is 8. The lowest BCUT2D eigenvalue weighted by atomic mass is 10.0. The summed E-state index contributed by atoms with van der Waals surface area (Å²) >= 11 is 0. The highest BCUT2D eigenvalue weighted by Crippen LogP contribution is 2.27. The predicted octanol–water partition coefficient (Wildman–Crippen LogP) is 1.85. The lowest BCUT2D eigenvalue weighted by Crippen LogP contribution is -2.46. The summed E-state index contributed by atoms with van der Waals surface area (Å²) in [5, 5.41) is 0. The van der Waals surface area contributed by atoms with Crippen molar-refractivity contribution in [3.8, 4) is 5.75 Å². The quantitative estimate of drug-likeness (QED) is 0.674. The molecule has 0 unspecified atom stereocenters. The molecule has 1 amide bonds. The van der Waals surface area contributed by atoms with Crippen LogP contribution < -0.4 is 9.46 Å². The van der Waals surface area contributed by atoms with Crippen molar-refractivity contribution in [3.63, 3.8) is 0 Å². The van der Waals surface area contributed by atoms with Crippen molar-refractivity contribution >= 4 is 21.6 Å². The summed E-state index contributed by atoms with van der Waals surface area (Å²) in [6.07, 6.45) is 5.99. The van der Waals surface area contributed by atoms with Gasteiger partial charge in [0.25, 0.3) is 5.91 Å². The molecular formula is C23H33N5O5S. The molecule has 1 aromatic carbocycles. The van der Waals surface area contributed by atoms with Gasteiger partial charge in [-0.1, -0.05) is 6.92 Å². The van der Waals surface area contributed by atoms with E-state index in [0.717, 1.165) is 11.8 Å². The Morgan fingerprint density at radius 3 is 2.56 bits per heavy atom. The molecule has 186 valence electrons. The fourth-order valence-corrected chi connectivity index (χ4v) is 4.55. The van der Waals surface area contributed by atoms with Crippen molar-refractivity contribution in [2.24, 2.45) is 5.92 Å². The second-order valence-corrected chi connectivity index (χ2v) is 10.6. The Hall–Kier alpha value is -2.76. The fourth-order valence-electron chi connectivity index (χ4n) is 3.99. The molecule has 10 nitrogen and oxygen atoms in total. The largest absolute Gasteiger partial charge is 0.491 e. The van der Waals surface area contributed by atoms with Crippen LogP contribution in [0.5, 0.6) is 5.75 Å². The van der Waals surface area contributed by atoms with Crippen LogP contribution >= 0.6 is 0 Å². The van der Waals surface area contributed by atoms with E-state index >= 15 is 0 Å². The molecule has 1 aromatic heterocycles. The molecule has 1 aliphatic rings. The monoisotopic (exact) mass is 491 g/mol. The van der Waals surface area contributed by atoms with E-state index < -0.39 is 10.0 Å². The van der Waals surface area contributed by atoms with E-state index in [4.69, 9.17) is 9.47 Å². The van der Waals surface area contributed by atoms with Crippen LogP contribution in [0, 0.1) is 5.92 Å². The number of hydrogen-bond donors (Lipinski definition) is 1. The Morgan fingerprint density at radius 1 is 1.21 bits per heavy atom. The van der Waals surface area contributed by atoms with Gasteiger partial charge in [-0.3, -0.25) is 14.4 Å². The maximum absolute atomic E-state index is 13.2. The third-order valence-electron chi connectivity index (χ3n) is 5.88. The van der Waals surface area contributed by atoms with Gasteiger partial charge in [-0.15, -0.1) is 0 Å². The molecule has 34 heavy (non-hydrogen) atoms. The topological polar surface area (TPSA) is 114 Å². The molecule has 3 rings (SSSR count). The zero-order valence-corrected chi connectivity index (χ0v) is 21.1. The lowest BCUT2D eigenvalue weighted by molar-refractivity contribution is 0.00918. The molecule has 0 aliphatic carbocycles. The normalized spacial score (nSPS) is 22.8. The molecule has 11 heteroatoms. The lowest BCUT2D eigenvalue weighted by Gasteiger charge is -2.36. The number of ether oxygens (including phenoxy) is 2. The molecule has 2 heterocycles. The third kappa shape index (κ3) is 6.87. The molecule has 0 bridgehead atoms. The van der Waals surface area contributed by atoms with Gasteiger partial charge in [0, 0.05) is 63.9 Å². The van der Waals surface area contributed by atoms with Gasteiger partial charge in [-0.05, 0) is 25.0 Å². The SMILES string of the molecule is CO[C@@H]1CN(C)C(=O)c2ccc(NS(C)(=O)=O)cc2OC[C@H](C)N(Cc2cncnc2)C[C@H]1C. The number of benzene rings is 1. The highest BCUT2D eigenvalue weighted by molar-refractivity contribution is 7.92. The molecular weight excluding hydrogens is 458 g/mol. The second kappa shape index (κ2) is 11.1. The van der Waals surface area contributed by atoms with Crippen LogP contribution in [0.2, 0.25) is 0 Å². The number of likely N-dealkylation sites (N-methyl/N-ethyl adjacent to an activating group) is 1. The standard InChI is InChI=1S/C23H33N5O5S/c1-16-11-28(12-18-9-24-15-25-10-18)17(2)14-33-21-8-19(26-34(5,30)31)6-7-20(21)23(29)27(3)13-22(16)32-4/h6-10,15-17,22,26H,11-14H2,1-5H3/t16-,17+,22-/m1/s1. The summed E-state index contributed by atoms with van der Waals surface area (Å²) < 4.78 is 37.7. The highest BCUT2D eigenvalue weighted by Gasteiger charge is 2.28. The summed E-state index contributed by atoms with van der Waals surface area (Å²) in [6, 6.07) is 4.67. The number of carbonyl (C=O) groups is 1. The molecule has 3 atom stereocenters. The molecule has 2 aromatic rings. The molecule has 0 saturated carbocycles. The Bertz CT molecular complexity index is 1080. The Morgan fingerprint density at radius 2 is 1.91 bits per heavy atom. The zero-order valence-electron chi connectivity index (χ0n) is 20.3. The number of fused-ring (bicyclic) bond motifs is 1. The van der Waals surface area contributed by atoms with E-state index in [1.807, 2.05) is 0 Å². The highest BCUT2D eigenvalue weighted by atomic mass is 32.2. The number of methoxy groups -OCH3 is 1. The second-order valence-electron chi connectivity index (χ2n) is 8.86. The van der Waals surface area contributed by atoms with Crippen molar-refractivity contribution < 1.29 is 22.7 Å². The minimum atomic E-state index is -3.48. The van der Waals surface area contributed by atoms with Gasteiger partial charge in [0.05, 0.1) is 23.6 Å². The van der Waals surface area contributed by atoms with Gasteiger partial charge < -0.3 is 14.4 Å². The summed E-state index contributed by atoms with van der Waals surface area (Å²) in [6.45, 7) is 6.19. The van der Waals surface area contributed by atoms with Gasteiger partial charge >= 0.3 is 0 Å². The van der Waals surface area contributed by atoms with Crippen LogP contribution in [0.4, 0.5) is 5.69 Å². The first kappa shape index (κ1) is 25.9.